The van der Waals surface area contributed by atoms with Crippen molar-refractivity contribution in [1.29, 1.82) is 0 Å². The van der Waals surface area contributed by atoms with Crippen molar-refractivity contribution >= 4 is 45.0 Å². The summed E-state index contributed by atoms with van der Waals surface area (Å²) in [5.74, 6) is 0. The van der Waals surface area contributed by atoms with Gasteiger partial charge in [-0.25, -0.2) is 0 Å². The van der Waals surface area contributed by atoms with Gasteiger partial charge in [0.05, 0.1) is 11.1 Å². The van der Waals surface area contributed by atoms with Crippen molar-refractivity contribution in [2.75, 3.05) is 0 Å². The van der Waals surface area contributed by atoms with E-state index in [1.165, 1.54) is 55.4 Å². The van der Waals surface area contributed by atoms with E-state index >= 15 is 0 Å². The second-order valence-corrected chi connectivity index (χ2v) is 12.1. The van der Waals surface area contributed by atoms with Crippen molar-refractivity contribution in [3.63, 3.8) is 0 Å². The van der Waals surface area contributed by atoms with Gasteiger partial charge in [-0.15, -0.1) is 36.2 Å². The molecular weight excluding hydrogens is 458 g/mol. The lowest BCUT2D eigenvalue weighted by Crippen LogP contribution is -2.75. The number of aryl methyl sites for hydroxylation is 2. The number of nitrogens with zero attached hydrogens (tertiary/aromatic N) is 2. The molecule has 0 amide bonds. The molecule has 2 aromatic heterocycles. The van der Waals surface area contributed by atoms with Gasteiger partial charge in [-0.3, -0.25) is 0 Å². The first-order chi connectivity index (χ1) is 18.5. The molecule has 0 saturated heterocycles. The first-order valence-corrected chi connectivity index (χ1v) is 14.9. The summed E-state index contributed by atoms with van der Waals surface area (Å²) in [5, 5.41) is 5.83. The molecule has 0 aliphatic carbocycles. The zero-order chi connectivity index (χ0) is 26.4. The maximum atomic E-state index is 2.74. The average molecular weight is 496 g/mol. The fourth-order valence-electron chi connectivity index (χ4n) is 9.26. The standard InChI is InChI=1S/C34H38B2N2/c1-7-35(8-2)27-19-13-17-25-31(27)33(29-21-11-15-23(5)37(29)35)26-18-14-20-28-32(26)34(25)30-22-12-16-24(6)38(30)36(28,9-3)10-4/h11-22H,7-10H2,1-6H3. The summed E-state index contributed by atoms with van der Waals surface area (Å²) in [5.41, 5.74) is 11.5. The van der Waals surface area contributed by atoms with Gasteiger partial charge >= 0.3 is 12.6 Å². The third-order valence-electron chi connectivity index (χ3n) is 11.1. The van der Waals surface area contributed by atoms with E-state index in [1.54, 1.807) is 10.9 Å². The van der Waals surface area contributed by atoms with Crippen LogP contribution in [0, 0.1) is 13.8 Å². The Bertz CT molecular complexity index is 1660. The molecule has 0 atom stereocenters. The highest BCUT2D eigenvalue weighted by atomic mass is 15.0. The molecule has 190 valence electrons. The van der Waals surface area contributed by atoms with E-state index in [2.05, 4.69) is 123 Å². The predicted molar refractivity (Wildman–Crippen MR) is 166 cm³/mol. The minimum atomic E-state index is -0.927. The van der Waals surface area contributed by atoms with E-state index in [0.717, 1.165) is 25.3 Å². The van der Waals surface area contributed by atoms with Crippen LogP contribution in [0.3, 0.4) is 0 Å². The van der Waals surface area contributed by atoms with E-state index < -0.39 is 12.6 Å². The molecule has 3 aromatic carbocycles. The van der Waals surface area contributed by atoms with Crippen LogP contribution in [0.5, 0.6) is 0 Å². The average Bonchev–Trinajstić information content (AvgIpc) is 2.95. The van der Waals surface area contributed by atoms with E-state index in [-0.39, 0.29) is 0 Å². The molecule has 0 radical (unpaired) electrons. The summed E-state index contributed by atoms with van der Waals surface area (Å²) in [7, 11) is 0. The summed E-state index contributed by atoms with van der Waals surface area (Å²) in [6.45, 7) is 14.2. The number of fused-ring (bicyclic) bond motifs is 6. The first kappa shape index (κ1) is 23.7. The van der Waals surface area contributed by atoms with Gasteiger partial charge in [0.2, 0.25) is 0 Å². The zero-order valence-electron chi connectivity index (χ0n) is 23.8. The fourth-order valence-corrected chi connectivity index (χ4v) is 9.26. The van der Waals surface area contributed by atoms with Gasteiger partial charge in [-0.2, -0.15) is 0 Å². The van der Waals surface area contributed by atoms with Gasteiger partial charge in [0.15, 0.2) is 11.4 Å². The van der Waals surface area contributed by atoms with Gasteiger partial charge < -0.3 is 8.96 Å². The highest BCUT2D eigenvalue weighted by molar-refractivity contribution is 6.88. The number of hydrogen-bond acceptors (Lipinski definition) is 0. The Kier molecular flexibility index (Phi) is 5.03. The molecule has 5 aromatic rings. The molecular formula is C34H38B2N2. The summed E-state index contributed by atoms with van der Waals surface area (Å²) < 4.78 is 5.47. The van der Waals surface area contributed by atoms with E-state index in [1.807, 2.05) is 0 Å². The highest BCUT2D eigenvalue weighted by Gasteiger charge is 2.47. The summed E-state index contributed by atoms with van der Waals surface area (Å²) in [6, 6.07) is 28.3. The Balaban J connectivity index is 1.82. The quantitative estimate of drug-likeness (QED) is 0.195. The van der Waals surface area contributed by atoms with Crippen LogP contribution in [0.1, 0.15) is 39.1 Å². The van der Waals surface area contributed by atoms with Crippen LogP contribution in [-0.2, 0) is 0 Å². The van der Waals surface area contributed by atoms with Gasteiger partial charge in [-0.1, -0.05) is 64.1 Å². The van der Waals surface area contributed by atoms with Crippen LogP contribution in [-0.4, -0.2) is 12.6 Å². The summed E-state index contributed by atoms with van der Waals surface area (Å²) >= 11 is 0. The van der Waals surface area contributed by atoms with Crippen LogP contribution in [0.2, 0.25) is 25.3 Å². The van der Waals surface area contributed by atoms with Crippen molar-refractivity contribution in [2.45, 2.75) is 66.8 Å². The second-order valence-electron chi connectivity index (χ2n) is 12.1. The Hall–Kier alpha value is -3.39. The Morgan fingerprint density at radius 2 is 0.868 bits per heavy atom. The van der Waals surface area contributed by atoms with Gasteiger partial charge in [-0.05, 0) is 45.8 Å². The van der Waals surface area contributed by atoms with Crippen LogP contribution in [0.25, 0.3) is 44.1 Å². The number of pyridine rings is 2. The molecule has 0 saturated carbocycles. The molecule has 0 unspecified atom stereocenters. The molecule has 0 spiro atoms. The Morgan fingerprint density at radius 3 is 1.24 bits per heavy atom. The lowest BCUT2D eigenvalue weighted by Gasteiger charge is -2.44. The number of aromatic nitrogens is 2. The zero-order valence-corrected chi connectivity index (χ0v) is 23.8. The summed E-state index contributed by atoms with van der Waals surface area (Å²) in [6.07, 6.45) is 2.67. The van der Waals surface area contributed by atoms with Crippen molar-refractivity contribution in [1.82, 2.24) is 0 Å². The third-order valence-corrected chi connectivity index (χ3v) is 11.1. The predicted octanol–water partition coefficient (Wildman–Crippen LogP) is 6.63. The maximum Gasteiger partial charge on any atom is 0.306 e. The number of rotatable bonds is 4. The molecule has 0 N–H and O–H groups in total. The molecule has 0 bridgehead atoms. The molecule has 7 rings (SSSR count). The fraction of sp³-hybridized carbons (Fsp3) is 0.294. The smallest absolute Gasteiger partial charge is 0.306 e. The van der Waals surface area contributed by atoms with Crippen molar-refractivity contribution < 1.29 is 8.96 Å². The Labute approximate surface area is 227 Å². The molecule has 38 heavy (non-hydrogen) atoms. The van der Waals surface area contributed by atoms with Crippen molar-refractivity contribution in [3.05, 3.63) is 84.2 Å². The molecule has 4 heteroatoms. The van der Waals surface area contributed by atoms with Gasteiger partial charge in [0, 0.05) is 26.0 Å². The molecule has 2 nitrogen and oxygen atoms in total. The van der Waals surface area contributed by atoms with Gasteiger partial charge in [0.25, 0.3) is 0 Å². The van der Waals surface area contributed by atoms with Crippen LogP contribution in [0.15, 0.2) is 72.8 Å². The minimum absolute atomic E-state index is 0.927. The van der Waals surface area contributed by atoms with Crippen LogP contribution >= 0.6 is 0 Å². The van der Waals surface area contributed by atoms with Crippen LogP contribution in [0.4, 0.5) is 0 Å². The lowest BCUT2D eigenvalue weighted by atomic mass is 9.25. The highest BCUT2D eigenvalue weighted by Crippen LogP contribution is 2.46. The number of benzene rings is 3. The largest absolute Gasteiger partial charge is 0.413 e. The Morgan fingerprint density at radius 1 is 0.500 bits per heavy atom. The first-order valence-electron chi connectivity index (χ1n) is 14.9. The normalized spacial score (nSPS) is 15.9. The van der Waals surface area contributed by atoms with E-state index in [0.29, 0.717) is 0 Å². The minimum Gasteiger partial charge on any atom is -0.413 e. The molecule has 0 fully saturated rings. The molecule has 2 aliphatic rings. The maximum absolute atomic E-state index is 2.74. The van der Waals surface area contributed by atoms with Crippen LogP contribution < -0.4 is 19.9 Å². The van der Waals surface area contributed by atoms with Crippen molar-refractivity contribution in [3.8, 4) is 22.5 Å². The topological polar surface area (TPSA) is 7.76 Å². The van der Waals surface area contributed by atoms with Gasteiger partial charge in [0.1, 0.15) is 11.4 Å². The van der Waals surface area contributed by atoms with Crippen molar-refractivity contribution in [2.24, 2.45) is 0 Å². The summed E-state index contributed by atoms with van der Waals surface area (Å²) in [4.78, 5) is 0. The lowest BCUT2D eigenvalue weighted by molar-refractivity contribution is -0.542. The molecule has 2 aliphatic heterocycles. The molecule has 4 heterocycles. The monoisotopic (exact) mass is 496 g/mol. The third kappa shape index (κ3) is 2.57. The van der Waals surface area contributed by atoms with E-state index in [4.69, 9.17) is 0 Å². The number of hydrogen-bond donors (Lipinski definition) is 0. The van der Waals surface area contributed by atoms with E-state index in [9.17, 15) is 0 Å². The second kappa shape index (κ2) is 8.06. The SMILES string of the molecule is CC[B-]1(CC)c2cccc3c4c5c(cccc5c(c23)-c2cccc(C)[n+]21)[B-](CC)(CC)[n+]1c(C)cccc1-4.